The van der Waals surface area contributed by atoms with E-state index in [9.17, 15) is 8.42 Å². The zero-order valence-corrected chi connectivity index (χ0v) is 12.4. The van der Waals surface area contributed by atoms with Crippen molar-refractivity contribution in [3.8, 4) is 0 Å². The van der Waals surface area contributed by atoms with Gasteiger partial charge in [-0.1, -0.05) is 18.7 Å². The number of anilines is 1. The van der Waals surface area contributed by atoms with E-state index < -0.39 is 10.0 Å². The monoisotopic (exact) mass is 310 g/mol. The van der Waals surface area contributed by atoms with Crippen LogP contribution in [0.2, 0.25) is 0 Å². The van der Waals surface area contributed by atoms with Gasteiger partial charge in [0.1, 0.15) is 11.4 Å². The van der Waals surface area contributed by atoms with E-state index in [0.717, 1.165) is 0 Å². The molecule has 0 aliphatic rings. The third-order valence-electron chi connectivity index (χ3n) is 2.40. The van der Waals surface area contributed by atoms with Crippen molar-refractivity contribution in [2.45, 2.75) is 21.7 Å². The van der Waals surface area contributed by atoms with E-state index in [1.807, 2.05) is 0 Å². The highest BCUT2D eigenvalue weighted by Gasteiger charge is 2.15. The zero-order chi connectivity index (χ0) is 14.6. The minimum atomic E-state index is -3.49. The molecule has 0 saturated heterocycles. The molecule has 106 valence electrons. The molecule has 3 N–H and O–H groups in total. The molecule has 0 unspecified atom stereocenters. The van der Waals surface area contributed by atoms with Crippen LogP contribution >= 0.6 is 11.8 Å². The Kier molecular flexibility index (Phi) is 4.58. The molecule has 2 aromatic rings. The molecule has 0 aliphatic heterocycles. The largest absolute Gasteiger partial charge is 0.398 e. The summed E-state index contributed by atoms with van der Waals surface area (Å²) in [6, 6.07) is 6.33. The number of nitrogens with two attached hydrogens (primary N) is 1. The number of nitrogens with zero attached hydrogens (tertiary/aromatic N) is 2. The Hall–Kier alpha value is -1.64. The molecule has 8 heteroatoms. The number of rotatable bonds is 5. The van der Waals surface area contributed by atoms with Crippen molar-refractivity contribution in [1.82, 2.24) is 14.7 Å². The van der Waals surface area contributed by atoms with Gasteiger partial charge in [-0.3, -0.25) is 0 Å². The Morgan fingerprint density at radius 1 is 1.35 bits per heavy atom. The summed E-state index contributed by atoms with van der Waals surface area (Å²) in [6.45, 7) is 2.06. The van der Waals surface area contributed by atoms with Gasteiger partial charge < -0.3 is 5.73 Å². The predicted octanol–water partition coefficient (Wildman–Crippen LogP) is 1.51. The molecule has 0 saturated carbocycles. The average molecular weight is 310 g/mol. The van der Waals surface area contributed by atoms with E-state index in [4.69, 9.17) is 5.73 Å². The van der Waals surface area contributed by atoms with Gasteiger partial charge in [0.2, 0.25) is 10.0 Å². The van der Waals surface area contributed by atoms with E-state index in [-0.39, 0.29) is 4.90 Å². The lowest BCUT2D eigenvalue weighted by Gasteiger charge is -2.09. The third-order valence-corrected chi connectivity index (χ3v) is 4.97. The van der Waals surface area contributed by atoms with Crippen molar-refractivity contribution in [2.24, 2.45) is 0 Å². The van der Waals surface area contributed by atoms with Crippen LogP contribution < -0.4 is 10.5 Å². The summed E-state index contributed by atoms with van der Waals surface area (Å²) in [4.78, 5) is 8.73. The fourth-order valence-corrected chi connectivity index (χ4v) is 3.46. The van der Waals surface area contributed by atoms with E-state index in [1.54, 1.807) is 31.3 Å². The lowest BCUT2D eigenvalue weighted by atomic mass is 10.3. The van der Waals surface area contributed by atoms with Crippen LogP contribution in [0.4, 0.5) is 5.69 Å². The quantitative estimate of drug-likeness (QED) is 0.641. The van der Waals surface area contributed by atoms with E-state index in [2.05, 4.69) is 14.7 Å². The van der Waals surface area contributed by atoms with E-state index in [0.29, 0.717) is 22.2 Å². The Morgan fingerprint density at radius 3 is 2.80 bits per heavy atom. The zero-order valence-electron chi connectivity index (χ0n) is 10.8. The van der Waals surface area contributed by atoms with Crippen molar-refractivity contribution in [3.63, 3.8) is 0 Å². The molecule has 0 aliphatic carbocycles. The molecule has 0 spiro atoms. The number of benzene rings is 1. The van der Waals surface area contributed by atoms with Gasteiger partial charge in [0.05, 0.1) is 4.90 Å². The first-order chi connectivity index (χ1) is 9.53. The molecule has 1 heterocycles. The van der Waals surface area contributed by atoms with Gasteiger partial charge in [-0.15, -0.1) is 0 Å². The second kappa shape index (κ2) is 6.21. The highest BCUT2D eigenvalue weighted by atomic mass is 32.2. The van der Waals surface area contributed by atoms with Gasteiger partial charge in [0.25, 0.3) is 0 Å². The van der Waals surface area contributed by atoms with Gasteiger partial charge in [-0.25, -0.2) is 23.1 Å². The van der Waals surface area contributed by atoms with Crippen molar-refractivity contribution < 1.29 is 8.42 Å². The maximum absolute atomic E-state index is 12.0. The van der Waals surface area contributed by atoms with Gasteiger partial charge >= 0.3 is 0 Å². The summed E-state index contributed by atoms with van der Waals surface area (Å²) in [5.41, 5.74) is 6.38. The van der Waals surface area contributed by atoms with Crippen LogP contribution in [0.5, 0.6) is 0 Å². The molecule has 0 fully saturated rings. The van der Waals surface area contributed by atoms with Crippen LogP contribution in [0.1, 0.15) is 6.92 Å². The fraction of sp³-hybridized carbons (Fsp3) is 0.167. The second-order valence-electron chi connectivity index (χ2n) is 3.85. The van der Waals surface area contributed by atoms with E-state index in [1.165, 1.54) is 24.2 Å². The number of nitrogens with one attached hydrogen (secondary N) is 1. The van der Waals surface area contributed by atoms with Gasteiger partial charge in [-0.05, 0) is 24.3 Å². The number of aromatic nitrogens is 2. The number of sulfonamides is 1. The highest BCUT2D eigenvalue weighted by Crippen LogP contribution is 2.32. The van der Waals surface area contributed by atoms with Crippen molar-refractivity contribution in [1.29, 1.82) is 0 Å². The predicted molar refractivity (Wildman–Crippen MR) is 77.9 cm³/mol. The molecule has 20 heavy (non-hydrogen) atoms. The Morgan fingerprint density at radius 2 is 2.15 bits per heavy atom. The molecule has 6 nitrogen and oxygen atoms in total. The number of nitrogen functional groups attached to an aromatic ring is 1. The topological polar surface area (TPSA) is 98.0 Å². The van der Waals surface area contributed by atoms with Crippen LogP contribution in [0.3, 0.4) is 0 Å². The Balaban J connectivity index is 2.35. The fourth-order valence-electron chi connectivity index (χ4n) is 1.50. The first kappa shape index (κ1) is 14.8. The van der Waals surface area contributed by atoms with Crippen molar-refractivity contribution in [3.05, 3.63) is 36.8 Å². The maximum atomic E-state index is 12.0. The Bertz CT molecular complexity index is 690. The van der Waals surface area contributed by atoms with Crippen molar-refractivity contribution >= 4 is 27.5 Å². The highest BCUT2D eigenvalue weighted by molar-refractivity contribution is 7.99. The molecule has 2 rings (SSSR count). The summed E-state index contributed by atoms with van der Waals surface area (Å²) in [5, 5.41) is 0.699. The van der Waals surface area contributed by atoms with Crippen LogP contribution in [-0.4, -0.2) is 24.9 Å². The second-order valence-corrected chi connectivity index (χ2v) is 6.68. The molecule has 0 bridgehead atoms. The number of hydrogen-bond acceptors (Lipinski definition) is 6. The molecule has 1 aromatic carbocycles. The summed E-state index contributed by atoms with van der Waals surface area (Å²) in [5.74, 6) is 0. The van der Waals surface area contributed by atoms with Gasteiger partial charge in [-0.2, -0.15) is 0 Å². The lowest BCUT2D eigenvalue weighted by molar-refractivity contribution is 0.583. The minimum Gasteiger partial charge on any atom is -0.398 e. The molecule has 1 aromatic heterocycles. The number of hydrogen-bond donors (Lipinski definition) is 2. The Labute approximate surface area is 121 Å². The summed E-state index contributed by atoms with van der Waals surface area (Å²) < 4.78 is 26.4. The minimum absolute atomic E-state index is 0.185. The van der Waals surface area contributed by atoms with Gasteiger partial charge in [0, 0.05) is 23.3 Å². The standard InChI is InChI=1S/C12H14N4O2S2/c1-2-16-20(17,18)9-3-4-10(13)11(7-9)19-12-5-6-14-8-15-12/h3-8,16H,2,13H2,1H3. The summed E-state index contributed by atoms with van der Waals surface area (Å²) in [6.07, 6.45) is 3.04. The molecular formula is C12H14N4O2S2. The first-order valence-electron chi connectivity index (χ1n) is 5.86. The van der Waals surface area contributed by atoms with Crippen LogP contribution in [-0.2, 0) is 10.0 Å². The van der Waals surface area contributed by atoms with Crippen LogP contribution in [0.15, 0.2) is 51.6 Å². The lowest BCUT2D eigenvalue weighted by Crippen LogP contribution is -2.23. The normalized spacial score (nSPS) is 11.4. The van der Waals surface area contributed by atoms with Crippen molar-refractivity contribution in [2.75, 3.05) is 12.3 Å². The van der Waals surface area contributed by atoms with Gasteiger partial charge in [0.15, 0.2) is 0 Å². The SMILES string of the molecule is CCNS(=O)(=O)c1ccc(N)c(Sc2ccncn2)c1. The van der Waals surface area contributed by atoms with Crippen LogP contribution in [0, 0.1) is 0 Å². The summed E-state index contributed by atoms with van der Waals surface area (Å²) >= 11 is 1.29. The maximum Gasteiger partial charge on any atom is 0.240 e. The average Bonchev–Trinajstić information content (AvgIpc) is 2.42. The molecule has 0 amide bonds. The van der Waals surface area contributed by atoms with Crippen LogP contribution in [0.25, 0.3) is 0 Å². The summed E-state index contributed by atoms with van der Waals surface area (Å²) in [7, 11) is -3.49. The molecule has 0 atom stereocenters. The molecule has 0 radical (unpaired) electrons. The third kappa shape index (κ3) is 3.47. The first-order valence-corrected chi connectivity index (χ1v) is 8.16. The molecular weight excluding hydrogens is 296 g/mol. The van der Waals surface area contributed by atoms with E-state index >= 15 is 0 Å². The smallest absolute Gasteiger partial charge is 0.240 e.